The Kier molecular flexibility index (Phi) is 5.27. The summed E-state index contributed by atoms with van der Waals surface area (Å²) < 4.78 is 5.42. The molecule has 8 nitrogen and oxygen atoms in total. The number of carbonyl (C=O) groups is 1. The van der Waals surface area contributed by atoms with Gasteiger partial charge in [-0.25, -0.2) is 9.79 Å². The Labute approximate surface area is 161 Å². The molecule has 4 aliphatic heterocycles. The molecule has 4 aliphatic rings. The first-order valence-electron chi connectivity index (χ1n) is 10.2. The zero-order valence-electron chi connectivity index (χ0n) is 16.4. The van der Waals surface area contributed by atoms with Gasteiger partial charge in [-0.15, -0.1) is 0 Å². The van der Waals surface area contributed by atoms with Gasteiger partial charge >= 0.3 is 6.03 Å². The van der Waals surface area contributed by atoms with E-state index in [1.54, 1.807) is 0 Å². The summed E-state index contributed by atoms with van der Waals surface area (Å²) in [5, 5.41) is 13.6. The number of nitrogens with zero attached hydrogens (tertiary/aromatic N) is 2. The second-order valence-electron chi connectivity index (χ2n) is 8.45. The van der Waals surface area contributed by atoms with E-state index in [0.717, 1.165) is 63.5 Å². The highest BCUT2D eigenvalue weighted by Crippen LogP contribution is 2.35. The molecule has 0 saturated carbocycles. The van der Waals surface area contributed by atoms with Crippen LogP contribution in [0.2, 0.25) is 0 Å². The first kappa shape index (κ1) is 18.6. The molecule has 2 amide bonds. The van der Waals surface area contributed by atoms with Gasteiger partial charge < -0.3 is 30.9 Å². The van der Waals surface area contributed by atoms with E-state index in [2.05, 4.69) is 40.1 Å². The number of ether oxygens (including phenoxy) is 1. The normalized spacial score (nSPS) is 30.7. The Morgan fingerprint density at radius 3 is 2.85 bits per heavy atom. The zero-order chi connectivity index (χ0) is 18.9. The monoisotopic (exact) mass is 376 g/mol. The number of rotatable bonds is 2. The summed E-state index contributed by atoms with van der Waals surface area (Å²) in [4.78, 5) is 19.5. The van der Waals surface area contributed by atoms with Crippen LogP contribution in [0.5, 0.6) is 0 Å². The Morgan fingerprint density at radius 1 is 1.30 bits per heavy atom. The summed E-state index contributed by atoms with van der Waals surface area (Å²) in [6, 6.07) is 0.737. The van der Waals surface area contributed by atoms with Crippen molar-refractivity contribution >= 4 is 12.0 Å². The molecule has 3 fully saturated rings. The van der Waals surface area contributed by atoms with Gasteiger partial charge in [0.25, 0.3) is 0 Å². The lowest BCUT2D eigenvalue weighted by molar-refractivity contribution is 0.0822. The minimum absolute atomic E-state index is 0.0183. The minimum atomic E-state index is -0.350. The Morgan fingerprint density at radius 2 is 2.11 bits per heavy atom. The molecule has 2 atom stereocenters. The predicted molar refractivity (Wildman–Crippen MR) is 105 cm³/mol. The molecule has 3 saturated heterocycles. The van der Waals surface area contributed by atoms with E-state index < -0.39 is 0 Å². The molecule has 4 rings (SSSR count). The van der Waals surface area contributed by atoms with Crippen LogP contribution in [0.15, 0.2) is 16.8 Å². The van der Waals surface area contributed by atoms with Crippen LogP contribution in [0.25, 0.3) is 0 Å². The fourth-order valence-corrected chi connectivity index (χ4v) is 4.48. The summed E-state index contributed by atoms with van der Waals surface area (Å²) in [7, 11) is 0. The SMILES string of the molecule is CC1(C)C2=CN=C(NC3CCOCC3)NC2CN1C(=O)N[C@H]1CCCNC1. The van der Waals surface area contributed by atoms with E-state index in [0.29, 0.717) is 12.6 Å². The summed E-state index contributed by atoms with van der Waals surface area (Å²) in [5.74, 6) is 0.810. The van der Waals surface area contributed by atoms with Crippen molar-refractivity contribution in [3.63, 3.8) is 0 Å². The Hall–Kier alpha value is -1.80. The van der Waals surface area contributed by atoms with Gasteiger partial charge in [-0.05, 0) is 51.6 Å². The quantitative estimate of drug-likeness (QED) is 0.564. The van der Waals surface area contributed by atoms with Gasteiger partial charge in [0.05, 0.1) is 11.6 Å². The summed E-state index contributed by atoms with van der Waals surface area (Å²) in [5.41, 5.74) is 0.814. The average molecular weight is 377 g/mol. The third-order valence-corrected chi connectivity index (χ3v) is 6.20. The van der Waals surface area contributed by atoms with Crippen molar-refractivity contribution < 1.29 is 9.53 Å². The summed E-state index contributed by atoms with van der Waals surface area (Å²) >= 11 is 0. The van der Waals surface area contributed by atoms with E-state index in [1.807, 2.05) is 11.1 Å². The zero-order valence-corrected chi connectivity index (χ0v) is 16.4. The molecule has 0 spiro atoms. The fraction of sp³-hybridized carbons (Fsp3) is 0.789. The van der Waals surface area contributed by atoms with E-state index in [4.69, 9.17) is 4.74 Å². The van der Waals surface area contributed by atoms with E-state index in [-0.39, 0.29) is 23.7 Å². The second kappa shape index (κ2) is 7.67. The molecule has 150 valence electrons. The Balaban J connectivity index is 1.38. The van der Waals surface area contributed by atoms with Gasteiger partial charge in [-0.3, -0.25) is 0 Å². The van der Waals surface area contributed by atoms with Gasteiger partial charge in [0.15, 0.2) is 5.96 Å². The molecule has 4 N–H and O–H groups in total. The fourth-order valence-electron chi connectivity index (χ4n) is 4.48. The molecule has 0 radical (unpaired) electrons. The van der Waals surface area contributed by atoms with Crippen molar-refractivity contribution in [1.29, 1.82) is 0 Å². The number of nitrogens with one attached hydrogen (secondary N) is 4. The number of piperidine rings is 1. The number of carbonyl (C=O) groups excluding carboxylic acids is 1. The topological polar surface area (TPSA) is 90.0 Å². The minimum Gasteiger partial charge on any atom is -0.381 e. The van der Waals surface area contributed by atoms with E-state index >= 15 is 0 Å². The van der Waals surface area contributed by atoms with Gasteiger partial charge in [0.2, 0.25) is 0 Å². The number of aliphatic imine (C=N–C) groups is 1. The molecule has 27 heavy (non-hydrogen) atoms. The molecule has 0 aromatic heterocycles. The maximum atomic E-state index is 12.9. The van der Waals surface area contributed by atoms with Gasteiger partial charge in [0.1, 0.15) is 0 Å². The first-order valence-corrected chi connectivity index (χ1v) is 10.2. The second-order valence-corrected chi connectivity index (χ2v) is 8.45. The lowest BCUT2D eigenvalue weighted by Gasteiger charge is -2.34. The number of hydrogen-bond donors (Lipinski definition) is 4. The van der Waals surface area contributed by atoms with Crippen molar-refractivity contribution in [2.45, 2.75) is 63.2 Å². The van der Waals surface area contributed by atoms with Crippen LogP contribution in [0.3, 0.4) is 0 Å². The van der Waals surface area contributed by atoms with E-state index in [9.17, 15) is 4.79 Å². The number of urea groups is 1. The Bertz CT molecular complexity index is 620. The highest BCUT2D eigenvalue weighted by atomic mass is 16.5. The summed E-state index contributed by atoms with van der Waals surface area (Å²) in [6.45, 7) is 8.35. The van der Waals surface area contributed by atoms with Crippen molar-refractivity contribution in [2.75, 3.05) is 32.8 Å². The van der Waals surface area contributed by atoms with Gasteiger partial charge in [-0.1, -0.05) is 0 Å². The number of hydrogen-bond acceptors (Lipinski definition) is 6. The van der Waals surface area contributed by atoms with Crippen molar-refractivity contribution in [3.05, 3.63) is 11.8 Å². The average Bonchev–Trinajstić information content (AvgIpc) is 2.94. The smallest absolute Gasteiger partial charge is 0.318 e. The number of fused-ring (bicyclic) bond motifs is 1. The largest absolute Gasteiger partial charge is 0.381 e. The molecule has 0 aliphatic carbocycles. The highest BCUT2D eigenvalue weighted by molar-refractivity contribution is 5.84. The molecule has 0 aromatic carbocycles. The van der Waals surface area contributed by atoms with Crippen LogP contribution < -0.4 is 21.3 Å². The van der Waals surface area contributed by atoms with Crippen LogP contribution in [0.4, 0.5) is 4.79 Å². The van der Waals surface area contributed by atoms with Crippen LogP contribution >= 0.6 is 0 Å². The van der Waals surface area contributed by atoms with Crippen LogP contribution in [-0.4, -0.2) is 73.4 Å². The molecule has 4 heterocycles. The molecule has 0 bridgehead atoms. The first-order chi connectivity index (χ1) is 13.0. The molecular formula is C19H32N6O2. The predicted octanol–water partition coefficient (Wildman–Crippen LogP) is 0.523. The van der Waals surface area contributed by atoms with Crippen molar-refractivity contribution in [2.24, 2.45) is 4.99 Å². The molecule has 1 unspecified atom stereocenters. The van der Waals surface area contributed by atoms with Gasteiger partial charge in [0, 0.05) is 44.6 Å². The maximum Gasteiger partial charge on any atom is 0.318 e. The number of likely N-dealkylation sites (tertiary alicyclic amines) is 1. The van der Waals surface area contributed by atoms with Crippen LogP contribution in [-0.2, 0) is 4.74 Å². The maximum absolute atomic E-state index is 12.9. The number of guanidine groups is 1. The third-order valence-electron chi connectivity index (χ3n) is 6.20. The van der Waals surface area contributed by atoms with Crippen LogP contribution in [0.1, 0.15) is 39.5 Å². The lowest BCUT2D eigenvalue weighted by atomic mass is 9.93. The molecule has 0 aromatic rings. The van der Waals surface area contributed by atoms with Gasteiger partial charge in [-0.2, -0.15) is 0 Å². The third kappa shape index (κ3) is 3.91. The van der Waals surface area contributed by atoms with Crippen LogP contribution in [0, 0.1) is 0 Å². The molecular weight excluding hydrogens is 344 g/mol. The number of amides is 2. The standard InChI is InChI=1S/C19H32N6O2/c1-19(2)15-11-21-17(22-13-5-8-27-9-6-13)24-16(15)12-25(19)18(26)23-14-4-3-7-20-10-14/h11,13-14,16,20H,3-10,12H2,1-2H3,(H,23,26)(H2,21,22,24)/t14-,16?/m0/s1. The van der Waals surface area contributed by atoms with Crippen molar-refractivity contribution in [1.82, 2.24) is 26.2 Å². The van der Waals surface area contributed by atoms with Crippen molar-refractivity contribution in [3.8, 4) is 0 Å². The van der Waals surface area contributed by atoms with E-state index in [1.165, 1.54) is 0 Å². The summed E-state index contributed by atoms with van der Waals surface area (Å²) in [6.07, 6.45) is 6.09. The highest BCUT2D eigenvalue weighted by Gasteiger charge is 2.47. The lowest BCUT2D eigenvalue weighted by Crippen LogP contribution is -2.54. The molecule has 8 heteroatoms.